The first-order valence-corrected chi connectivity index (χ1v) is 10.6. The van der Waals surface area contributed by atoms with E-state index in [1.54, 1.807) is 54.3 Å². The molecule has 1 fully saturated rings. The Balaban J connectivity index is 1.31. The summed E-state index contributed by atoms with van der Waals surface area (Å²) in [5.74, 6) is -0.508. The number of benzene rings is 1. The Hall–Kier alpha value is -3.92. The maximum Gasteiger partial charge on any atom is 0.374 e. The zero-order chi connectivity index (χ0) is 23.2. The fourth-order valence-corrected chi connectivity index (χ4v) is 3.33. The molecule has 0 bridgehead atoms. The van der Waals surface area contributed by atoms with Crippen LogP contribution in [-0.4, -0.2) is 47.4 Å². The first-order chi connectivity index (χ1) is 16.0. The van der Waals surface area contributed by atoms with Gasteiger partial charge in [0.25, 0.3) is 5.91 Å². The predicted molar refractivity (Wildman–Crippen MR) is 117 cm³/mol. The smallest absolute Gasteiger partial charge is 0.374 e. The second-order valence-electron chi connectivity index (χ2n) is 7.44. The van der Waals surface area contributed by atoms with Crippen LogP contribution in [0.3, 0.4) is 0 Å². The largest absolute Gasteiger partial charge is 0.460 e. The molecule has 1 unspecified atom stereocenters. The highest BCUT2D eigenvalue weighted by Crippen LogP contribution is 2.17. The van der Waals surface area contributed by atoms with Crippen LogP contribution in [-0.2, 0) is 20.8 Å². The van der Waals surface area contributed by atoms with Gasteiger partial charge < -0.3 is 24.5 Å². The van der Waals surface area contributed by atoms with Gasteiger partial charge in [0, 0.05) is 12.2 Å². The maximum atomic E-state index is 12.4. The zero-order valence-corrected chi connectivity index (χ0v) is 18.1. The Labute approximate surface area is 189 Å². The molecule has 3 heterocycles. The zero-order valence-electron chi connectivity index (χ0n) is 18.1. The number of aromatic nitrogens is 2. The van der Waals surface area contributed by atoms with Crippen LogP contribution in [0.4, 0.5) is 5.69 Å². The molecule has 2 aromatic heterocycles. The molecular weight excluding hydrogens is 428 g/mol. The van der Waals surface area contributed by atoms with E-state index in [-0.39, 0.29) is 36.6 Å². The van der Waals surface area contributed by atoms with Crippen LogP contribution < -0.4 is 10.6 Å². The Morgan fingerprint density at radius 1 is 1.18 bits per heavy atom. The van der Waals surface area contributed by atoms with E-state index in [0.29, 0.717) is 30.2 Å². The molecule has 2 N–H and O–H groups in total. The summed E-state index contributed by atoms with van der Waals surface area (Å²) in [6.45, 7) is 3.15. The van der Waals surface area contributed by atoms with Crippen molar-refractivity contribution in [3.05, 3.63) is 65.9 Å². The molecule has 1 aliphatic rings. The number of nitrogens with one attached hydrogen (secondary N) is 2. The average Bonchev–Trinajstić information content (AvgIpc) is 3.60. The van der Waals surface area contributed by atoms with Crippen LogP contribution in [0.25, 0.3) is 5.69 Å². The summed E-state index contributed by atoms with van der Waals surface area (Å²) in [6, 6.07) is 9.98. The number of nitrogens with zero attached hydrogens (tertiary/aromatic N) is 2. The van der Waals surface area contributed by atoms with E-state index in [2.05, 4.69) is 15.7 Å². The number of ether oxygens (including phenoxy) is 2. The van der Waals surface area contributed by atoms with E-state index in [4.69, 9.17) is 13.9 Å². The molecule has 2 amide bonds. The van der Waals surface area contributed by atoms with Gasteiger partial charge in [-0.2, -0.15) is 5.10 Å². The molecule has 0 radical (unpaired) electrons. The first kappa shape index (κ1) is 22.3. The molecule has 0 aliphatic carbocycles. The van der Waals surface area contributed by atoms with Gasteiger partial charge in [0.15, 0.2) is 0 Å². The minimum Gasteiger partial charge on any atom is -0.460 e. The van der Waals surface area contributed by atoms with Crippen LogP contribution >= 0.6 is 0 Å². The predicted octanol–water partition coefficient (Wildman–Crippen LogP) is 2.55. The molecule has 10 nitrogen and oxygen atoms in total. The second kappa shape index (κ2) is 10.1. The molecule has 1 saturated heterocycles. The summed E-state index contributed by atoms with van der Waals surface area (Å²) in [4.78, 5) is 36.3. The van der Waals surface area contributed by atoms with Gasteiger partial charge in [0.05, 0.1) is 49.4 Å². The molecule has 1 aromatic carbocycles. The highest BCUT2D eigenvalue weighted by atomic mass is 16.5. The van der Waals surface area contributed by atoms with Crippen molar-refractivity contribution in [2.24, 2.45) is 5.92 Å². The van der Waals surface area contributed by atoms with Gasteiger partial charge in [-0.15, -0.1) is 0 Å². The monoisotopic (exact) mass is 452 g/mol. The number of furan rings is 1. The van der Waals surface area contributed by atoms with E-state index in [1.165, 1.54) is 6.07 Å². The number of carbonyl (C=O) groups excluding carboxylic acids is 3. The molecule has 4 rings (SSSR count). The van der Waals surface area contributed by atoms with Crippen molar-refractivity contribution >= 4 is 23.5 Å². The fourth-order valence-electron chi connectivity index (χ4n) is 3.33. The van der Waals surface area contributed by atoms with Gasteiger partial charge in [-0.05, 0) is 49.7 Å². The number of anilines is 1. The Morgan fingerprint density at radius 2 is 2.00 bits per heavy atom. The van der Waals surface area contributed by atoms with E-state index in [1.807, 2.05) is 0 Å². The van der Waals surface area contributed by atoms with Crippen molar-refractivity contribution in [3.8, 4) is 5.69 Å². The van der Waals surface area contributed by atoms with Crippen molar-refractivity contribution in [3.63, 3.8) is 0 Å². The Morgan fingerprint density at radius 3 is 2.73 bits per heavy atom. The third-order valence-corrected chi connectivity index (χ3v) is 5.11. The van der Waals surface area contributed by atoms with Crippen LogP contribution in [0.2, 0.25) is 0 Å². The molecule has 1 atom stereocenters. The van der Waals surface area contributed by atoms with Crippen molar-refractivity contribution in [1.29, 1.82) is 0 Å². The summed E-state index contributed by atoms with van der Waals surface area (Å²) in [5, 5.41) is 9.86. The molecule has 3 aromatic rings. The van der Waals surface area contributed by atoms with Crippen LogP contribution in [0, 0.1) is 5.92 Å². The summed E-state index contributed by atoms with van der Waals surface area (Å²) in [7, 11) is 0. The summed E-state index contributed by atoms with van der Waals surface area (Å²) < 4.78 is 17.1. The lowest BCUT2D eigenvalue weighted by atomic mass is 10.1. The number of carbonyl (C=O) groups is 3. The van der Waals surface area contributed by atoms with Crippen molar-refractivity contribution in [2.45, 2.75) is 19.9 Å². The summed E-state index contributed by atoms with van der Waals surface area (Å²) >= 11 is 0. The fraction of sp³-hybridized carbons (Fsp3) is 0.304. The standard InChI is InChI=1S/C23H24N4O6/c1-2-32-23(30)20-8-7-19(33-20)12-24-21(28)15-3-5-18(6-4-15)27-13-17(11-25-27)26-22(29)16-9-10-31-14-16/h3-8,11,13,16H,2,9-10,12,14H2,1H3,(H,24,28)(H,26,29). The quantitative estimate of drug-likeness (QED) is 0.503. The third-order valence-electron chi connectivity index (χ3n) is 5.11. The molecular formula is C23H24N4O6. The molecule has 172 valence electrons. The molecule has 0 saturated carbocycles. The van der Waals surface area contributed by atoms with Crippen molar-refractivity contribution in [2.75, 3.05) is 25.1 Å². The number of amides is 2. The lowest BCUT2D eigenvalue weighted by molar-refractivity contribution is -0.119. The second-order valence-corrected chi connectivity index (χ2v) is 7.44. The molecule has 0 spiro atoms. The molecule has 10 heteroatoms. The minimum atomic E-state index is -0.542. The van der Waals surface area contributed by atoms with E-state index < -0.39 is 5.97 Å². The van der Waals surface area contributed by atoms with Gasteiger partial charge in [-0.3, -0.25) is 9.59 Å². The number of hydrogen-bond donors (Lipinski definition) is 2. The summed E-state index contributed by atoms with van der Waals surface area (Å²) in [5.41, 5.74) is 1.79. The molecule has 1 aliphatic heterocycles. The van der Waals surface area contributed by atoms with Gasteiger partial charge in [-0.1, -0.05) is 0 Å². The maximum absolute atomic E-state index is 12.4. The first-order valence-electron chi connectivity index (χ1n) is 10.6. The van der Waals surface area contributed by atoms with E-state index in [9.17, 15) is 14.4 Å². The Kier molecular flexibility index (Phi) is 6.84. The highest BCUT2D eigenvalue weighted by Gasteiger charge is 2.23. The van der Waals surface area contributed by atoms with Gasteiger partial charge in [0.1, 0.15) is 5.76 Å². The van der Waals surface area contributed by atoms with Crippen molar-refractivity contribution in [1.82, 2.24) is 15.1 Å². The van der Waals surface area contributed by atoms with Gasteiger partial charge in [-0.25, -0.2) is 9.48 Å². The van der Waals surface area contributed by atoms with Crippen LogP contribution in [0.1, 0.15) is 40.0 Å². The van der Waals surface area contributed by atoms with Gasteiger partial charge in [0.2, 0.25) is 11.7 Å². The van der Waals surface area contributed by atoms with Crippen LogP contribution in [0.5, 0.6) is 0 Å². The third kappa shape index (κ3) is 5.47. The lowest BCUT2D eigenvalue weighted by Crippen LogP contribution is -2.22. The molecule has 33 heavy (non-hydrogen) atoms. The van der Waals surface area contributed by atoms with Crippen molar-refractivity contribution < 1.29 is 28.3 Å². The van der Waals surface area contributed by atoms with Crippen LogP contribution in [0.15, 0.2) is 53.2 Å². The highest BCUT2D eigenvalue weighted by molar-refractivity contribution is 5.94. The minimum absolute atomic E-state index is 0.0787. The van der Waals surface area contributed by atoms with E-state index >= 15 is 0 Å². The van der Waals surface area contributed by atoms with E-state index in [0.717, 1.165) is 12.1 Å². The Bertz CT molecular complexity index is 1130. The topological polar surface area (TPSA) is 125 Å². The number of esters is 1. The average molecular weight is 452 g/mol. The normalized spacial score (nSPS) is 15.2. The van der Waals surface area contributed by atoms with Gasteiger partial charge >= 0.3 is 5.97 Å². The summed E-state index contributed by atoms with van der Waals surface area (Å²) in [6.07, 6.45) is 4.00. The SMILES string of the molecule is CCOC(=O)c1ccc(CNC(=O)c2ccc(-n3cc(NC(=O)C4CCOC4)cn3)cc2)o1. The number of rotatable bonds is 8. The lowest BCUT2D eigenvalue weighted by Gasteiger charge is -2.07. The number of hydrogen-bond acceptors (Lipinski definition) is 7.